The van der Waals surface area contributed by atoms with E-state index in [4.69, 9.17) is 42.4 Å². The first-order chi connectivity index (χ1) is 42.9. The number of alkyl halides is 1. The highest BCUT2D eigenvalue weighted by Crippen LogP contribution is 2.34. The zero-order valence-electron chi connectivity index (χ0n) is 55.1. The lowest BCUT2D eigenvalue weighted by Gasteiger charge is -2.02. The molecule has 8 nitrogen and oxygen atoms in total. The fourth-order valence-corrected chi connectivity index (χ4v) is 9.92. The molecule has 0 fully saturated rings. The number of pyridine rings is 2. The van der Waals surface area contributed by atoms with Gasteiger partial charge in [-0.05, 0) is 230 Å². The van der Waals surface area contributed by atoms with Gasteiger partial charge in [-0.25, -0.2) is 0 Å². The molecule has 5 aromatic heterocycles. The maximum absolute atomic E-state index is 8.83. The molecule has 12 aromatic rings. The zero-order chi connectivity index (χ0) is 67.1. The number of nitrogen functional groups attached to an aromatic ring is 2. The van der Waals surface area contributed by atoms with Crippen LogP contribution in [0, 0.1) is 90.0 Å². The molecule has 0 aliphatic heterocycles. The van der Waals surface area contributed by atoms with Gasteiger partial charge in [0, 0.05) is 78.3 Å². The fraction of sp³-hybridized carbons (Fsp3) is 0.221. The van der Waals surface area contributed by atoms with Gasteiger partial charge in [0.15, 0.2) is 0 Å². The summed E-state index contributed by atoms with van der Waals surface area (Å²) >= 11 is 17.6. The number of anilines is 2. The van der Waals surface area contributed by atoms with Crippen LogP contribution in [-0.2, 0) is 6.42 Å². The van der Waals surface area contributed by atoms with Crippen molar-refractivity contribution in [1.29, 1.82) is 0 Å². The number of fused-ring (bicyclic) bond motifs is 2. The highest BCUT2D eigenvalue weighted by molar-refractivity contribution is 9.10. The van der Waals surface area contributed by atoms with Crippen molar-refractivity contribution in [1.82, 2.24) is 9.97 Å². The normalized spacial score (nSPS) is 9.50. The molecule has 0 aliphatic rings. The van der Waals surface area contributed by atoms with Crippen molar-refractivity contribution >= 4 is 94.2 Å². The van der Waals surface area contributed by atoms with Crippen LogP contribution in [0.25, 0.3) is 21.1 Å². The van der Waals surface area contributed by atoms with Crippen molar-refractivity contribution in [3.8, 4) is 17.2 Å². The van der Waals surface area contributed by atoms with Gasteiger partial charge >= 0.3 is 0 Å². The number of para-hydroxylation sites is 1. The summed E-state index contributed by atoms with van der Waals surface area (Å²) in [4.78, 5) is 10.4. The summed E-state index contributed by atoms with van der Waals surface area (Å²) in [6, 6.07) is 59.2. The van der Waals surface area contributed by atoms with E-state index in [1.165, 1.54) is 92.2 Å². The van der Waals surface area contributed by atoms with Crippen LogP contribution >= 0.6 is 61.8 Å². The Morgan fingerprint density at radius 2 is 1.12 bits per heavy atom. The second-order valence-corrected chi connectivity index (χ2v) is 24.3. The van der Waals surface area contributed by atoms with Crippen LogP contribution in [0.2, 0.25) is 5.02 Å². The minimum atomic E-state index is 0.104. The number of hydrogen-bond donors (Lipinski definition) is 4. The van der Waals surface area contributed by atoms with Crippen molar-refractivity contribution in [3.63, 3.8) is 0 Å². The van der Waals surface area contributed by atoms with E-state index < -0.39 is 0 Å². The van der Waals surface area contributed by atoms with E-state index in [0.29, 0.717) is 0 Å². The minimum Gasteiger partial charge on any atom is -0.508 e. The lowest BCUT2D eigenvalue weighted by atomic mass is 10.1. The number of nitrogens with two attached hydrogens (primary N) is 2. The third-order valence-electron chi connectivity index (χ3n) is 13.1. The van der Waals surface area contributed by atoms with Crippen LogP contribution in [0.4, 0.5) is 11.4 Å². The number of ether oxygens (including phenoxy) is 1. The van der Waals surface area contributed by atoms with Gasteiger partial charge in [0.25, 0.3) is 0 Å². The first-order valence-corrected chi connectivity index (χ1v) is 32.7. The average molecular weight is 1350 g/mol. The molecule has 13 heteroatoms. The SMILES string of the molecule is CCc1ccccc1C.CCl.COc1ccc(C)c(C)c1.Cc1cc(O)cc(O)c1.Cc1ccc(N)cc1.Cc1ccccc1Br.Cc1cccnc1.Cc1cnccc1N.Cc1csc(C)c1.Cc1oc2ccccc2c1C.Cc1sc2ccccc2c1Cl. The predicted octanol–water partition coefficient (Wildman–Crippen LogP) is 23.1. The van der Waals surface area contributed by atoms with Gasteiger partial charge in [-0.2, -0.15) is 0 Å². The number of halogens is 3. The van der Waals surface area contributed by atoms with E-state index in [0.717, 1.165) is 51.0 Å². The van der Waals surface area contributed by atoms with E-state index in [1.54, 1.807) is 73.5 Å². The van der Waals surface area contributed by atoms with Gasteiger partial charge in [-0.1, -0.05) is 143 Å². The number of aromatic hydroxyl groups is 2. The molecule has 0 aliphatic carbocycles. The highest BCUT2D eigenvalue weighted by atomic mass is 79.9. The number of rotatable bonds is 2. The number of benzene rings is 7. The zero-order valence-corrected chi connectivity index (χ0v) is 59.9. The lowest BCUT2D eigenvalue weighted by molar-refractivity contribution is 0.414. The van der Waals surface area contributed by atoms with Crippen LogP contribution in [0.1, 0.15) is 83.6 Å². The summed E-state index contributed by atoms with van der Waals surface area (Å²) in [5.74, 6) is 2.16. The molecular weight excluding hydrogens is 1260 g/mol. The first-order valence-electron chi connectivity index (χ1n) is 29.1. The number of aromatic nitrogens is 2. The highest BCUT2D eigenvalue weighted by Gasteiger charge is 2.05. The fourth-order valence-electron chi connectivity index (χ4n) is 7.65. The molecule has 0 saturated carbocycles. The van der Waals surface area contributed by atoms with E-state index >= 15 is 0 Å². The molecule has 0 spiro atoms. The first kappa shape index (κ1) is 78.2. The summed E-state index contributed by atoms with van der Waals surface area (Å²) in [6.07, 6.45) is 9.65. The third-order valence-corrected chi connectivity index (χ3v) is 16.6. The molecule has 0 unspecified atom stereocenters. The summed E-state index contributed by atoms with van der Waals surface area (Å²) in [5, 5.41) is 23.1. The maximum Gasteiger partial charge on any atom is 0.134 e. The quantitative estimate of drug-likeness (QED) is 0.0991. The molecule has 12 rings (SSSR count). The van der Waals surface area contributed by atoms with Crippen molar-refractivity contribution in [3.05, 3.63) is 298 Å². The van der Waals surface area contributed by atoms with Crippen LogP contribution in [-0.4, -0.2) is 33.7 Å². The second-order valence-electron chi connectivity index (χ2n) is 20.7. The van der Waals surface area contributed by atoms with Gasteiger partial charge in [-0.3, -0.25) is 9.97 Å². The molecule has 0 radical (unpaired) electrons. The Bertz CT molecular complexity index is 3670. The summed E-state index contributed by atoms with van der Waals surface area (Å²) in [6.45, 7) is 28.7. The van der Waals surface area contributed by atoms with Crippen LogP contribution in [0.5, 0.6) is 17.2 Å². The Kier molecular flexibility index (Phi) is 38.0. The molecule has 6 N–H and O–H groups in total. The van der Waals surface area contributed by atoms with Gasteiger partial charge in [0.1, 0.15) is 28.6 Å². The monoisotopic (exact) mass is 1350 g/mol. The topological polar surface area (TPSA) is 141 Å². The van der Waals surface area contributed by atoms with Gasteiger partial charge in [0.2, 0.25) is 0 Å². The minimum absolute atomic E-state index is 0.104. The van der Waals surface area contributed by atoms with Gasteiger partial charge in [0.05, 0.1) is 12.1 Å². The Labute approximate surface area is 563 Å². The number of thiophene rings is 2. The summed E-state index contributed by atoms with van der Waals surface area (Å²) in [7, 11) is 1.68. The van der Waals surface area contributed by atoms with Crippen molar-refractivity contribution < 1.29 is 19.4 Å². The molecule has 0 atom stereocenters. The molecule has 476 valence electrons. The van der Waals surface area contributed by atoms with Crippen molar-refractivity contribution in [2.45, 2.75) is 103 Å². The predicted molar refractivity (Wildman–Crippen MR) is 397 cm³/mol. The van der Waals surface area contributed by atoms with E-state index in [1.807, 2.05) is 138 Å². The molecule has 0 bridgehead atoms. The smallest absolute Gasteiger partial charge is 0.134 e. The van der Waals surface area contributed by atoms with Crippen molar-refractivity contribution in [2.75, 3.05) is 25.0 Å². The Balaban J connectivity index is 0.000000341. The number of methoxy groups -OCH3 is 1. The van der Waals surface area contributed by atoms with Crippen LogP contribution in [0.3, 0.4) is 0 Å². The molecule has 7 aromatic carbocycles. The summed E-state index contributed by atoms with van der Waals surface area (Å²) in [5.41, 5.74) is 27.2. The number of aryl methyl sites for hydroxylation is 14. The molecule has 0 amide bonds. The van der Waals surface area contributed by atoms with E-state index in [9.17, 15) is 0 Å². The van der Waals surface area contributed by atoms with E-state index in [2.05, 4.69) is 159 Å². The number of nitrogens with zero attached hydrogens (tertiary/aromatic N) is 2. The third kappa shape index (κ3) is 31.0. The number of furan rings is 1. The molecule has 90 heavy (non-hydrogen) atoms. The van der Waals surface area contributed by atoms with Gasteiger partial charge in [-0.15, -0.1) is 34.3 Å². The average Bonchev–Trinajstić information content (AvgIpc) is 3.33. The standard InChI is InChI=1S/C10H10O.C9H7ClS.C9H12O.C9H12.C7H7Br.C7H9N.C7H8O2.C6H8N2.C6H7N.C6H8S.CH3Cl/c1-7-8(2)11-10-6-4-3-5-9(7)10;1-6-9(10)7-4-2-3-5-8(7)11-6;1-7-4-5-9(10-3)6-8(7)2;1-3-9-7-5-4-6-8(9)2;1-6-4-2-3-5-7(6)8;1-6-2-4-7(8)5-3-6;1-5-2-6(8)4-7(9)3-5;1-5-4-8-3-2-6(5)7;1-6-3-2-4-7-5-6;1-5-3-6(2)7-4-5;1-2/h3-6H,1-2H3;2-5H,1H3;4-6H,1-3H3;4-7H,3H2,1-2H3;2-5H,1H3;2-5H,8H2,1H3;2-4,8-9H,1H3;2-4H,1H3,(H2,7,8);2-5H,1H3;3-4H,1-2H3;1H3. The molecule has 0 saturated heterocycles. The molecular formula is C77H91BrCl2N4O4S2. The Morgan fingerprint density at radius 1 is 0.533 bits per heavy atom. The summed E-state index contributed by atoms with van der Waals surface area (Å²) < 4.78 is 13.0. The second kappa shape index (κ2) is 43.7. The van der Waals surface area contributed by atoms with E-state index in [-0.39, 0.29) is 11.5 Å². The number of hydrogen-bond acceptors (Lipinski definition) is 10. The van der Waals surface area contributed by atoms with Gasteiger partial charge < -0.3 is 30.8 Å². The number of phenols is 2. The molecule has 5 heterocycles. The van der Waals surface area contributed by atoms with Crippen LogP contribution < -0.4 is 16.2 Å². The number of phenolic OH excluding ortho intramolecular Hbond substituents is 2. The van der Waals surface area contributed by atoms with Crippen LogP contribution in [0.15, 0.2) is 221 Å². The Morgan fingerprint density at radius 3 is 1.54 bits per heavy atom. The lowest BCUT2D eigenvalue weighted by Crippen LogP contribution is -1.87. The largest absolute Gasteiger partial charge is 0.508 e. The Hall–Kier alpha value is -7.90. The maximum atomic E-state index is 8.83. The van der Waals surface area contributed by atoms with Crippen molar-refractivity contribution in [2.24, 2.45) is 0 Å².